The zero-order chi connectivity index (χ0) is 15.4. The minimum absolute atomic E-state index is 0.220. The number of hydrogen-bond acceptors (Lipinski definition) is 4. The Hall–Kier alpha value is -2.81. The van der Waals surface area contributed by atoms with Gasteiger partial charge in [-0.3, -0.25) is 9.48 Å². The van der Waals surface area contributed by atoms with Gasteiger partial charge in [-0.15, -0.1) is 0 Å². The van der Waals surface area contributed by atoms with Crippen molar-refractivity contribution >= 4 is 17.5 Å². The van der Waals surface area contributed by atoms with Crippen LogP contribution in [0.15, 0.2) is 24.3 Å². The van der Waals surface area contributed by atoms with Crippen LogP contribution in [-0.2, 0) is 22.5 Å². The van der Waals surface area contributed by atoms with E-state index in [4.69, 9.17) is 12.3 Å². The maximum absolute atomic E-state index is 11.2. The van der Waals surface area contributed by atoms with Crippen molar-refractivity contribution in [3.8, 4) is 11.3 Å². The van der Waals surface area contributed by atoms with E-state index in [1.54, 1.807) is 4.68 Å². The van der Waals surface area contributed by atoms with Crippen molar-refractivity contribution in [2.75, 3.05) is 12.8 Å². The van der Waals surface area contributed by atoms with Crippen molar-refractivity contribution in [1.82, 2.24) is 9.78 Å². The summed E-state index contributed by atoms with van der Waals surface area (Å²) >= 11 is 0. The van der Waals surface area contributed by atoms with Gasteiger partial charge in [-0.25, -0.2) is 4.85 Å². The number of nitrogens with zero attached hydrogens (tertiary/aromatic N) is 3. The number of esters is 1. The SMILES string of the molecule is [C-]#[N+]c1c(-c2ccc(CC(=O)OC)cc2)nn(CC)c1N. The number of aromatic nitrogens is 2. The van der Waals surface area contributed by atoms with Gasteiger partial charge in [0.05, 0.1) is 20.1 Å². The molecule has 0 fully saturated rings. The first kappa shape index (κ1) is 14.6. The normalized spacial score (nSPS) is 10.1. The number of ether oxygens (including phenoxy) is 1. The smallest absolute Gasteiger partial charge is 0.309 e. The fourth-order valence-electron chi connectivity index (χ4n) is 2.03. The van der Waals surface area contributed by atoms with Crippen LogP contribution >= 0.6 is 0 Å². The molecule has 2 rings (SSSR count). The first-order chi connectivity index (χ1) is 10.1. The van der Waals surface area contributed by atoms with Crippen LogP contribution in [0.3, 0.4) is 0 Å². The van der Waals surface area contributed by atoms with Gasteiger partial charge in [-0.2, -0.15) is 5.10 Å². The number of nitrogens with two attached hydrogens (primary N) is 1. The Morgan fingerprint density at radius 1 is 1.43 bits per heavy atom. The lowest BCUT2D eigenvalue weighted by Crippen LogP contribution is -2.04. The van der Waals surface area contributed by atoms with Crippen LogP contribution in [0.4, 0.5) is 11.5 Å². The van der Waals surface area contributed by atoms with Gasteiger partial charge in [0, 0.05) is 6.54 Å². The molecule has 0 saturated carbocycles. The molecule has 1 aromatic heterocycles. The predicted octanol–water partition coefficient (Wildman–Crippen LogP) is 2.42. The minimum atomic E-state index is -0.288. The van der Waals surface area contributed by atoms with Crippen molar-refractivity contribution in [3.63, 3.8) is 0 Å². The van der Waals surface area contributed by atoms with Gasteiger partial charge in [0.25, 0.3) is 5.69 Å². The molecule has 0 saturated heterocycles. The van der Waals surface area contributed by atoms with Crippen LogP contribution in [-0.4, -0.2) is 22.9 Å². The van der Waals surface area contributed by atoms with E-state index in [0.717, 1.165) is 11.1 Å². The van der Waals surface area contributed by atoms with Gasteiger partial charge in [0.15, 0.2) is 0 Å². The predicted molar refractivity (Wildman–Crippen MR) is 79.7 cm³/mol. The summed E-state index contributed by atoms with van der Waals surface area (Å²) in [6.07, 6.45) is 0.220. The number of methoxy groups -OCH3 is 1. The molecule has 0 aliphatic carbocycles. The van der Waals surface area contributed by atoms with Crippen LogP contribution < -0.4 is 5.73 Å². The zero-order valence-corrected chi connectivity index (χ0v) is 12.0. The van der Waals surface area contributed by atoms with Gasteiger partial charge in [0.1, 0.15) is 11.5 Å². The maximum Gasteiger partial charge on any atom is 0.309 e. The Morgan fingerprint density at radius 3 is 2.62 bits per heavy atom. The first-order valence-electron chi connectivity index (χ1n) is 6.50. The van der Waals surface area contributed by atoms with Gasteiger partial charge < -0.3 is 10.5 Å². The van der Waals surface area contributed by atoms with Crippen LogP contribution in [0.5, 0.6) is 0 Å². The number of carbonyl (C=O) groups is 1. The molecule has 6 nitrogen and oxygen atoms in total. The molecule has 1 aromatic carbocycles. The Kier molecular flexibility index (Phi) is 4.24. The van der Waals surface area contributed by atoms with E-state index >= 15 is 0 Å². The molecule has 2 N–H and O–H groups in total. The van der Waals surface area contributed by atoms with Gasteiger partial charge in [-0.1, -0.05) is 24.3 Å². The van der Waals surface area contributed by atoms with Gasteiger partial charge >= 0.3 is 5.97 Å². The molecule has 0 unspecified atom stereocenters. The number of rotatable bonds is 4. The standard InChI is InChI=1S/C15H16N4O2/c1-4-19-15(16)14(17-2)13(18-19)11-7-5-10(6-8-11)9-12(20)21-3/h5-8H,4,9,16H2,1,3H3. The van der Waals surface area contributed by atoms with E-state index in [0.29, 0.717) is 23.7 Å². The van der Waals surface area contributed by atoms with Crippen LogP contribution in [0.25, 0.3) is 16.1 Å². The molecule has 21 heavy (non-hydrogen) atoms. The lowest BCUT2D eigenvalue weighted by molar-refractivity contribution is -0.139. The van der Waals surface area contributed by atoms with E-state index in [2.05, 4.69) is 14.7 Å². The van der Waals surface area contributed by atoms with Crippen LogP contribution in [0, 0.1) is 6.57 Å². The Morgan fingerprint density at radius 2 is 2.10 bits per heavy atom. The molecule has 0 radical (unpaired) electrons. The van der Waals surface area contributed by atoms with Crippen molar-refractivity contribution in [2.45, 2.75) is 19.9 Å². The van der Waals surface area contributed by atoms with E-state index in [9.17, 15) is 4.79 Å². The highest BCUT2D eigenvalue weighted by Crippen LogP contribution is 2.34. The Balaban J connectivity index is 2.35. The molecule has 0 amide bonds. The second kappa shape index (κ2) is 6.09. The number of anilines is 1. The van der Waals surface area contributed by atoms with E-state index in [1.165, 1.54) is 7.11 Å². The second-order valence-electron chi connectivity index (χ2n) is 4.46. The Labute approximate surface area is 123 Å². The molecular weight excluding hydrogens is 268 g/mol. The molecule has 2 aromatic rings. The number of carbonyl (C=O) groups excluding carboxylic acids is 1. The van der Waals surface area contributed by atoms with E-state index in [-0.39, 0.29) is 12.4 Å². The molecule has 6 heteroatoms. The summed E-state index contributed by atoms with van der Waals surface area (Å²) < 4.78 is 6.23. The summed E-state index contributed by atoms with van der Waals surface area (Å²) in [5, 5.41) is 4.36. The molecule has 108 valence electrons. The Bertz CT molecular complexity index is 696. The summed E-state index contributed by atoms with van der Waals surface area (Å²) in [6, 6.07) is 7.30. The van der Waals surface area contributed by atoms with Crippen molar-refractivity contribution in [3.05, 3.63) is 41.2 Å². The monoisotopic (exact) mass is 284 g/mol. The molecular formula is C15H16N4O2. The molecule has 0 aliphatic rings. The average molecular weight is 284 g/mol. The summed E-state index contributed by atoms with van der Waals surface area (Å²) in [5.74, 6) is 0.0882. The third-order valence-electron chi connectivity index (χ3n) is 3.18. The largest absolute Gasteiger partial charge is 0.469 e. The molecule has 0 aliphatic heterocycles. The first-order valence-corrected chi connectivity index (χ1v) is 6.50. The van der Waals surface area contributed by atoms with Crippen molar-refractivity contribution < 1.29 is 9.53 Å². The summed E-state index contributed by atoms with van der Waals surface area (Å²) in [4.78, 5) is 14.7. The minimum Gasteiger partial charge on any atom is -0.469 e. The lowest BCUT2D eigenvalue weighted by atomic mass is 10.1. The highest BCUT2D eigenvalue weighted by atomic mass is 16.5. The van der Waals surface area contributed by atoms with E-state index < -0.39 is 0 Å². The topological polar surface area (TPSA) is 74.5 Å². The number of benzene rings is 1. The molecule has 0 bridgehead atoms. The zero-order valence-electron chi connectivity index (χ0n) is 12.0. The highest BCUT2D eigenvalue weighted by Gasteiger charge is 2.16. The van der Waals surface area contributed by atoms with Crippen LogP contribution in [0.2, 0.25) is 0 Å². The molecule has 0 spiro atoms. The quantitative estimate of drug-likeness (QED) is 0.691. The molecule has 0 atom stereocenters. The van der Waals surface area contributed by atoms with Crippen LogP contribution in [0.1, 0.15) is 12.5 Å². The van der Waals surface area contributed by atoms with Crippen molar-refractivity contribution in [1.29, 1.82) is 0 Å². The summed E-state index contributed by atoms with van der Waals surface area (Å²) in [7, 11) is 1.36. The van der Waals surface area contributed by atoms with Crippen molar-refractivity contribution in [2.24, 2.45) is 0 Å². The number of hydrogen-bond donors (Lipinski definition) is 1. The molecule has 1 heterocycles. The summed E-state index contributed by atoms with van der Waals surface area (Å²) in [6.45, 7) is 9.78. The highest BCUT2D eigenvalue weighted by molar-refractivity contribution is 5.83. The third kappa shape index (κ3) is 2.87. The second-order valence-corrected chi connectivity index (χ2v) is 4.46. The van der Waals surface area contributed by atoms with Gasteiger partial charge in [-0.05, 0) is 18.1 Å². The maximum atomic E-state index is 11.2. The van der Waals surface area contributed by atoms with Gasteiger partial charge in [0.2, 0.25) is 0 Å². The third-order valence-corrected chi connectivity index (χ3v) is 3.18. The number of aryl methyl sites for hydroxylation is 1. The average Bonchev–Trinajstić information content (AvgIpc) is 2.83. The lowest BCUT2D eigenvalue weighted by Gasteiger charge is -2.02. The number of nitrogen functional groups attached to an aromatic ring is 1. The summed E-state index contributed by atoms with van der Waals surface area (Å²) in [5.41, 5.74) is 8.47. The fourth-order valence-corrected chi connectivity index (χ4v) is 2.03. The fraction of sp³-hybridized carbons (Fsp3) is 0.267. The van der Waals surface area contributed by atoms with E-state index in [1.807, 2.05) is 31.2 Å².